The van der Waals surface area contributed by atoms with Crippen LogP contribution in [0.1, 0.15) is 15.9 Å². The lowest BCUT2D eigenvalue weighted by molar-refractivity contribution is -0.137. The lowest BCUT2D eigenvalue weighted by atomic mass is 10.0. The van der Waals surface area contributed by atoms with E-state index in [1.165, 1.54) is 45.7 Å². The molecule has 0 aliphatic carbocycles. The molecule has 7 nitrogen and oxygen atoms in total. The molecule has 4 aromatic rings. The standard InChI is InChI=1S/C28H24F3N3O4/c1-36-24-15-18(16-25(37-2)27(24)38-3)26-22(17-34(33-26)21-7-5-4-6-8-21)23(35)13-14-32-20-11-9-19(10-12-20)28(29,30)31/h4-17,32H,1-3H3/b14-13-. The number of methoxy groups -OCH3 is 3. The van der Waals surface area contributed by atoms with E-state index in [0.29, 0.717) is 34.2 Å². The second-order valence-corrected chi connectivity index (χ2v) is 8.00. The van der Waals surface area contributed by atoms with E-state index in [-0.39, 0.29) is 11.3 Å². The van der Waals surface area contributed by atoms with Crippen molar-refractivity contribution in [1.82, 2.24) is 9.78 Å². The summed E-state index contributed by atoms with van der Waals surface area (Å²) in [5, 5.41) is 7.48. The fourth-order valence-electron chi connectivity index (χ4n) is 3.76. The second-order valence-electron chi connectivity index (χ2n) is 8.00. The number of hydrogen-bond donors (Lipinski definition) is 1. The first-order chi connectivity index (χ1) is 18.2. The number of carbonyl (C=O) groups is 1. The Balaban J connectivity index is 1.69. The molecule has 4 rings (SSSR count). The lowest BCUT2D eigenvalue weighted by Gasteiger charge is -2.13. The van der Waals surface area contributed by atoms with Crippen LogP contribution in [-0.4, -0.2) is 36.9 Å². The van der Waals surface area contributed by atoms with Crippen molar-refractivity contribution in [2.24, 2.45) is 0 Å². The largest absolute Gasteiger partial charge is 0.493 e. The number of ketones is 1. The van der Waals surface area contributed by atoms with E-state index in [2.05, 4.69) is 10.4 Å². The van der Waals surface area contributed by atoms with E-state index in [0.717, 1.165) is 17.8 Å². The minimum Gasteiger partial charge on any atom is -0.493 e. The predicted molar refractivity (Wildman–Crippen MR) is 137 cm³/mol. The molecule has 1 N–H and O–H groups in total. The molecule has 0 bridgehead atoms. The minimum atomic E-state index is -4.42. The molecule has 0 saturated heterocycles. The number of rotatable bonds is 9. The number of nitrogens with zero attached hydrogens (tertiary/aromatic N) is 2. The van der Waals surface area contributed by atoms with Gasteiger partial charge in [0.25, 0.3) is 0 Å². The SMILES string of the molecule is COc1cc(-c2nn(-c3ccccc3)cc2C(=O)/C=C\Nc2ccc(C(F)(F)F)cc2)cc(OC)c1OC. The predicted octanol–water partition coefficient (Wildman–Crippen LogP) is 6.39. The van der Waals surface area contributed by atoms with Gasteiger partial charge >= 0.3 is 6.18 Å². The molecule has 0 radical (unpaired) electrons. The van der Waals surface area contributed by atoms with Gasteiger partial charge < -0.3 is 19.5 Å². The molecule has 0 aliphatic rings. The molecule has 0 atom stereocenters. The monoisotopic (exact) mass is 523 g/mol. The molecule has 0 amide bonds. The van der Waals surface area contributed by atoms with Gasteiger partial charge in [0.15, 0.2) is 17.3 Å². The van der Waals surface area contributed by atoms with E-state index < -0.39 is 11.7 Å². The average Bonchev–Trinajstić information content (AvgIpc) is 3.38. The van der Waals surface area contributed by atoms with Gasteiger partial charge in [-0.15, -0.1) is 0 Å². The van der Waals surface area contributed by atoms with Gasteiger partial charge in [-0.25, -0.2) is 4.68 Å². The maximum Gasteiger partial charge on any atom is 0.416 e. The van der Waals surface area contributed by atoms with Crippen molar-refractivity contribution >= 4 is 11.5 Å². The molecule has 0 aliphatic heterocycles. The number of carbonyl (C=O) groups excluding carboxylic acids is 1. The van der Waals surface area contributed by atoms with E-state index >= 15 is 0 Å². The molecule has 196 valence electrons. The zero-order valence-corrected chi connectivity index (χ0v) is 20.7. The summed E-state index contributed by atoms with van der Waals surface area (Å²) in [6, 6.07) is 17.2. The Hall–Kier alpha value is -4.73. The summed E-state index contributed by atoms with van der Waals surface area (Å²) in [4.78, 5) is 13.3. The Morgan fingerprint density at radius 3 is 2.11 bits per heavy atom. The van der Waals surface area contributed by atoms with Gasteiger partial charge in [0, 0.05) is 29.7 Å². The van der Waals surface area contributed by atoms with Crippen molar-refractivity contribution in [2.45, 2.75) is 6.18 Å². The Morgan fingerprint density at radius 1 is 0.921 bits per heavy atom. The highest BCUT2D eigenvalue weighted by molar-refractivity contribution is 6.08. The lowest BCUT2D eigenvalue weighted by Crippen LogP contribution is -2.04. The number of benzene rings is 3. The fraction of sp³-hybridized carbons (Fsp3) is 0.143. The van der Waals surface area contributed by atoms with Crippen LogP contribution in [0.25, 0.3) is 16.9 Å². The zero-order chi connectivity index (χ0) is 27.3. The number of para-hydroxylation sites is 1. The van der Waals surface area contributed by atoms with Crippen molar-refractivity contribution in [3.05, 3.63) is 96.3 Å². The van der Waals surface area contributed by atoms with Crippen LogP contribution >= 0.6 is 0 Å². The minimum absolute atomic E-state index is 0.286. The number of hydrogen-bond acceptors (Lipinski definition) is 6. The summed E-state index contributed by atoms with van der Waals surface area (Å²) in [6.45, 7) is 0. The Labute approximate surface area is 217 Å². The Bertz CT molecular complexity index is 1420. The second kappa shape index (κ2) is 11.1. The van der Waals surface area contributed by atoms with Gasteiger partial charge in [-0.05, 0) is 48.5 Å². The van der Waals surface area contributed by atoms with E-state index in [1.54, 1.807) is 23.0 Å². The van der Waals surface area contributed by atoms with Crippen molar-refractivity contribution in [2.75, 3.05) is 26.6 Å². The van der Waals surface area contributed by atoms with Gasteiger partial charge in [-0.3, -0.25) is 4.79 Å². The van der Waals surface area contributed by atoms with Crippen LogP contribution in [0.4, 0.5) is 18.9 Å². The fourth-order valence-corrected chi connectivity index (χ4v) is 3.76. The Kier molecular flexibility index (Phi) is 7.71. The van der Waals surface area contributed by atoms with Crippen LogP contribution in [-0.2, 0) is 6.18 Å². The topological polar surface area (TPSA) is 74.6 Å². The first kappa shape index (κ1) is 26.3. The first-order valence-electron chi connectivity index (χ1n) is 11.3. The number of alkyl halides is 3. The molecule has 38 heavy (non-hydrogen) atoms. The van der Waals surface area contributed by atoms with Gasteiger partial charge in [0.2, 0.25) is 5.75 Å². The summed E-state index contributed by atoms with van der Waals surface area (Å²) in [6.07, 6.45) is -0.166. The molecule has 1 heterocycles. The first-order valence-corrected chi connectivity index (χ1v) is 11.3. The Morgan fingerprint density at radius 2 is 1.55 bits per heavy atom. The van der Waals surface area contributed by atoms with E-state index in [9.17, 15) is 18.0 Å². The molecular weight excluding hydrogens is 499 g/mol. The van der Waals surface area contributed by atoms with E-state index in [1.807, 2.05) is 30.3 Å². The maximum absolute atomic E-state index is 13.3. The molecule has 0 spiro atoms. The highest BCUT2D eigenvalue weighted by Crippen LogP contribution is 2.41. The summed E-state index contributed by atoms with van der Waals surface area (Å²) in [5.74, 6) is 0.813. The van der Waals surface area contributed by atoms with Gasteiger partial charge in [0.05, 0.1) is 38.1 Å². The zero-order valence-electron chi connectivity index (χ0n) is 20.7. The van der Waals surface area contributed by atoms with Crippen molar-refractivity contribution in [1.29, 1.82) is 0 Å². The normalized spacial score (nSPS) is 11.4. The number of anilines is 1. The van der Waals surface area contributed by atoms with Crippen LogP contribution in [0.3, 0.4) is 0 Å². The molecule has 3 aromatic carbocycles. The van der Waals surface area contributed by atoms with Crippen molar-refractivity contribution < 1.29 is 32.2 Å². The summed E-state index contributed by atoms with van der Waals surface area (Å²) >= 11 is 0. The van der Waals surface area contributed by atoms with Gasteiger partial charge in [-0.2, -0.15) is 18.3 Å². The number of ether oxygens (including phenoxy) is 3. The molecular formula is C28H24F3N3O4. The van der Waals surface area contributed by atoms with Crippen LogP contribution in [0, 0.1) is 0 Å². The molecule has 0 unspecified atom stereocenters. The smallest absolute Gasteiger partial charge is 0.416 e. The molecule has 0 saturated carbocycles. The average molecular weight is 524 g/mol. The number of allylic oxidation sites excluding steroid dienone is 1. The number of halogens is 3. The molecule has 10 heteroatoms. The molecule has 0 fully saturated rings. The summed E-state index contributed by atoms with van der Waals surface area (Å²) in [7, 11) is 4.48. The van der Waals surface area contributed by atoms with Crippen LogP contribution in [0.2, 0.25) is 0 Å². The van der Waals surface area contributed by atoms with Crippen molar-refractivity contribution in [3.8, 4) is 34.2 Å². The summed E-state index contributed by atoms with van der Waals surface area (Å²) < 4.78 is 56.3. The number of nitrogens with one attached hydrogen (secondary N) is 1. The van der Waals surface area contributed by atoms with Gasteiger partial charge in [0.1, 0.15) is 5.69 Å². The third-order valence-corrected chi connectivity index (χ3v) is 5.64. The van der Waals surface area contributed by atoms with Crippen LogP contribution in [0.15, 0.2) is 85.2 Å². The quantitative estimate of drug-likeness (QED) is 0.202. The van der Waals surface area contributed by atoms with Crippen LogP contribution < -0.4 is 19.5 Å². The third kappa shape index (κ3) is 5.64. The summed E-state index contributed by atoms with van der Waals surface area (Å²) in [5.41, 5.74) is 1.60. The number of aromatic nitrogens is 2. The van der Waals surface area contributed by atoms with Gasteiger partial charge in [-0.1, -0.05) is 18.2 Å². The highest BCUT2D eigenvalue weighted by Gasteiger charge is 2.30. The highest BCUT2D eigenvalue weighted by atomic mass is 19.4. The maximum atomic E-state index is 13.3. The molecule has 1 aromatic heterocycles. The van der Waals surface area contributed by atoms with Crippen LogP contribution in [0.5, 0.6) is 17.2 Å². The third-order valence-electron chi connectivity index (χ3n) is 5.64. The van der Waals surface area contributed by atoms with E-state index in [4.69, 9.17) is 14.2 Å². The van der Waals surface area contributed by atoms with Crippen molar-refractivity contribution in [3.63, 3.8) is 0 Å².